The van der Waals surface area contributed by atoms with E-state index < -0.39 is 4.92 Å². The van der Waals surface area contributed by atoms with Crippen molar-refractivity contribution in [2.24, 2.45) is 0 Å². The minimum absolute atomic E-state index is 0.111. The van der Waals surface area contributed by atoms with Gasteiger partial charge in [0, 0.05) is 41.9 Å². The molecule has 1 fully saturated rings. The van der Waals surface area contributed by atoms with Crippen molar-refractivity contribution in [3.63, 3.8) is 0 Å². The SMILES string of the molecule is O=C1Nc2ccc([N+](=O)[O-])cc2/C1=C(/Nc1ccc(CN2C(=O)CCC2=O)cc1)c1ccccc1. The minimum Gasteiger partial charge on any atom is -0.354 e. The Morgan fingerprint density at radius 2 is 1.63 bits per heavy atom. The van der Waals surface area contributed by atoms with E-state index in [1.165, 1.54) is 23.1 Å². The number of nitrogens with zero attached hydrogens (tertiary/aromatic N) is 2. The van der Waals surface area contributed by atoms with Crippen LogP contribution in [0.25, 0.3) is 11.3 Å². The molecule has 0 bridgehead atoms. The molecule has 0 aliphatic carbocycles. The Balaban J connectivity index is 1.52. The number of nitrogens with one attached hydrogen (secondary N) is 2. The highest BCUT2D eigenvalue weighted by Crippen LogP contribution is 2.39. The zero-order chi connectivity index (χ0) is 24.5. The van der Waals surface area contributed by atoms with E-state index in [0.29, 0.717) is 28.2 Å². The molecule has 0 aromatic heterocycles. The van der Waals surface area contributed by atoms with Gasteiger partial charge in [-0.3, -0.25) is 29.4 Å². The van der Waals surface area contributed by atoms with Crippen LogP contribution in [-0.2, 0) is 20.9 Å². The van der Waals surface area contributed by atoms with Crippen molar-refractivity contribution in [3.05, 3.63) is 99.6 Å². The van der Waals surface area contributed by atoms with Crippen LogP contribution in [0, 0.1) is 10.1 Å². The summed E-state index contributed by atoms with van der Waals surface area (Å²) in [6, 6.07) is 20.7. The molecule has 2 heterocycles. The number of nitro benzene ring substituents is 1. The van der Waals surface area contributed by atoms with Gasteiger partial charge in [0.05, 0.1) is 22.7 Å². The van der Waals surface area contributed by atoms with E-state index in [0.717, 1.165) is 11.1 Å². The van der Waals surface area contributed by atoms with E-state index in [-0.39, 0.29) is 42.8 Å². The summed E-state index contributed by atoms with van der Waals surface area (Å²) in [6.45, 7) is 0.212. The van der Waals surface area contributed by atoms with E-state index in [9.17, 15) is 24.5 Å². The summed E-state index contributed by atoms with van der Waals surface area (Å²) in [5, 5.41) is 17.4. The molecule has 2 N–H and O–H groups in total. The molecular weight excluding hydrogens is 448 g/mol. The Morgan fingerprint density at radius 1 is 0.943 bits per heavy atom. The number of likely N-dealkylation sites (tertiary alicyclic amines) is 1. The van der Waals surface area contributed by atoms with Gasteiger partial charge in [-0.05, 0) is 29.3 Å². The number of carbonyl (C=O) groups excluding carboxylic acids is 3. The van der Waals surface area contributed by atoms with E-state index >= 15 is 0 Å². The van der Waals surface area contributed by atoms with Gasteiger partial charge >= 0.3 is 0 Å². The first-order valence-electron chi connectivity index (χ1n) is 11.0. The Labute approximate surface area is 200 Å². The van der Waals surface area contributed by atoms with Crippen molar-refractivity contribution < 1.29 is 19.3 Å². The van der Waals surface area contributed by atoms with Crippen molar-refractivity contribution >= 4 is 46.1 Å². The zero-order valence-electron chi connectivity index (χ0n) is 18.5. The fourth-order valence-electron chi connectivity index (χ4n) is 4.22. The Kier molecular flexibility index (Phi) is 5.58. The molecule has 2 aliphatic rings. The van der Waals surface area contributed by atoms with E-state index in [4.69, 9.17) is 0 Å². The molecule has 3 amide bonds. The third-order valence-electron chi connectivity index (χ3n) is 5.99. The van der Waals surface area contributed by atoms with Gasteiger partial charge in [-0.15, -0.1) is 0 Å². The van der Waals surface area contributed by atoms with Gasteiger partial charge in [0.25, 0.3) is 11.6 Å². The van der Waals surface area contributed by atoms with Crippen LogP contribution >= 0.6 is 0 Å². The summed E-state index contributed by atoms with van der Waals surface area (Å²) in [7, 11) is 0. The molecule has 0 atom stereocenters. The number of imide groups is 1. The van der Waals surface area contributed by atoms with Crippen LogP contribution in [0.2, 0.25) is 0 Å². The lowest BCUT2D eigenvalue weighted by atomic mass is 9.99. The number of benzene rings is 3. The minimum atomic E-state index is -0.495. The van der Waals surface area contributed by atoms with Crippen LogP contribution in [0.4, 0.5) is 17.1 Å². The molecule has 2 aliphatic heterocycles. The predicted molar refractivity (Wildman–Crippen MR) is 130 cm³/mol. The third-order valence-corrected chi connectivity index (χ3v) is 5.99. The maximum absolute atomic E-state index is 13.0. The first kappa shape index (κ1) is 22.0. The van der Waals surface area contributed by atoms with Crippen LogP contribution < -0.4 is 10.6 Å². The van der Waals surface area contributed by atoms with Gasteiger partial charge in [0.2, 0.25) is 11.8 Å². The molecule has 9 heteroatoms. The second-order valence-electron chi connectivity index (χ2n) is 8.25. The van der Waals surface area contributed by atoms with Gasteiger partial charge in [-0.25, -0.2) is 0 Å². The van der Waals surface area contributed by atoms with Crippen molar-refractivity contribution in [1.29, 1.82) is 0 Å². The lowest BCUT2D eigenvalue weighted by Gasteiger charge is -2.16. The van der Waals surface area contributed by atoms with Gasteiger partial charge in [0.1, 0.15) is 0 Å². The van der Waals surface area contributed by atoms with Gasteiger partial charge in [-0.2, -0.15) is 0 Å². The first-order valence-corrected chi connectivity index (χ1v) is 11.0. The molecule has 0 radical (unpaired) electrons. The van der Waals surface area contributed by atoms with Crippen molar-refractivity contribution in [3.8, 4) is 0 Å². The predicted octanol–water partition coefficient (Wildman–Crippen LogP) is 4.18. The van der Waals surface area contributed by atoms with Crippen LogP contribution in [0.5, 0.6) is 0 Å². The maximum atomic E-state index is 13.0. The Morgan fingerprint density at radius 3 is 2.29 bits per heavy atom. The summed E-state index contributed by atoms with van der Waals surface area (Å²) in [4.78, 5) is 48.9. The highest BCUT2D eigenvalue weighted by Gasteiger charge is 2.31. The fourth-order valence-corrected chi connectivity index (χ4v) is 4.22. The fraction of sp³-hybridized carbons (Fsp3) is 0.115. The molecule has 3 aromatic rings. The third kappa shape index (κ3) is 4.26. The standard InChI is InChI=1S/C26H20N4O5/c31-22-12-13-23(32)29(22)15-16-6-8-18(9-7-16)27-25(17-4-2-1-3-5-17)24-20-14-19(30(34)35)10-11-21(20)28-26(24)33/h1-11,14,27H,12-13,15H2,(H,28,33)/b25-24-. The molecule has 5 rings (SSSR count). The van der Waals surface area contributed by atoms with E-state index in [1.807, 2.05) is 42.5 Å². The largest absolute Gasteiger partial charge is 0.354 e. The number of non-ortho nitro benzene ring substituents is 1. The summed E-state index contributed by atoms with van der Waals surface area (Å²) < 4.78 is 0. The molecule has 35 heavy (non-hydrogen) atoms. The summed E-state index contributed by atoms with van der Waals surface area (Å²) in [5.74, 6) is -0.712. The van der Waals surface area contributed by atoms with E-state index in [2.05, 4.69) is 10.6 Å². The lowest BCUT2D eigenvalue weighted by molar-refractivity contribution is -0.384. The van der Waals surface area contributed by atoms with E-state index in [1.54, 1.807) is 12.1 Å². The average Bonchev–Trinajstić information content (AvgIpc) is 3.36. The smallest absolute Gasteiger partial charge is 0.270 e. The lowest BCUT2D eigenvalue weighted by Crippen LogP contribution is -2.28. The summed E-state index contributed by atoms with van der Waals surface area (Å²) in [5.41, 5.74) is 3.83. The Bertz CT molecular complexity index is 1380. The molecule has 1 saturated heterocycles. The summed E-state index contributed by atoms with van der Waals surface area (Å²) in [6.07, 6.45) is 0.488. The van der Waals surface area contributed by atoms with Crippen LogP contribution in [-0.4, -0.2) is 27.5 Å². The topological polar surface area (TPSA) is 122 Å². The quantitative estimate of drug-likeness (QED) is 0.242. The Hall–Kier alpha value is -4.79. The number of amides is 3. The normalized spacial score (nSPS) is 16.2. The average molecular weight is 468 g/mol. The van der Waals surface area contributed by atoms with Gasteiger partial charge < -0.3 is 10.6 Å². The monoisotopic (exact) mass is 468 g/mol. The van der Waals surface area contributed by atoms with Crippen molar-refractivity contribution in [1.82, 2.24) is 4.90 Å². The highest BCUT2D eigenvalue weighted by atomic mass is 16.6. The number of nitro groups is 1. The molecule has 0 saturated carbocycles. The van der Waals surface area contributed by atoms with Crippen LogP contribution in [0.1, 0.15) is 29.5 Å². The summed E-state index contributed by atoms with van der Waals surface area (Å²) >= 11 is 0. The molecule has 0 unspecified atom stereocenters. The number of carbonyl (C=O) groups is 3. The first-order chi connectivity index (χ1) is 16.9. The number of hydrogen-bond acceptors (Lipinski definition) is 6. The zero-order valence-corrected chi connectivity index (χ0v) is 18.5. The molecule has 0 spiro atoms. The van der Waals surface area contributed by atoms with Gasteiger partial charge in [0.15, 0.2) is 0 Å². The number of anilines is 2. The van der Waals surface area contributed by atoms with Crippen LogP contribution in [0.15, 0.2) is 72.8 Å². The number of fused-ring (bicyclic) bond motifs is 1. The highest BCUT2D eigenvalue weighted by molar-refractivity contribution is 6.37. The van der Waals surface area contributed by atoms with Crippen molar-refractivity contribution in [2.45, 2.75) is 19.4 Å². The van der Waals surface area contributed by atoms with Crippen LogP contribution in [0.3, 0.4) is 0 Å². The number of rotatable bonds is 6. The van der Waals surface area contributed by atoms with Crippen molar-refractivity contribution in [2.75, 3.05) is 10.6 Å². The molecule has 3 aromatic carbocycles. The van der Waals surface area contributed by atoms with Gasteiger partial charge in [-0.1, -0.05) is 42.5 Å². The number of hydrogen-bond donors (Lipinski definition) is 2. The molecule has 174 valence electrons. The second-order valence-corrected chi connectivity index (χ2v) is 8.25. The maximum Gasteiger partial charge on any atom is 0.270 e. The molecular formula is C26H20N4O5. The molecule has 9 nitrogen and oxygen atoms in total. The second kappa shape index (κ2) is 8.86.